The Morgan fingerprint density at radius 3 is 2.59 bits per heavy atom. The molecule has 0 amide bonds. The van der Waals surface area contributed by atoms with Gasteiger partial charge in [0.1, 0.15) is 11.4 Å². The van der Waals surface area contributed by atoms with Gasteiger partial charge >= 0.3 is 0 Å². The van der Waals surface area contributed by atoms with Gasteiger partial charge in [-0.05, 0) is 49.2 Å². The van der Waals surface area contributed by atoms with Crippen LogP contribution in [0.5, 0.6) is 0 Å². The lowest BCUT2D eigenvalue weighted by Crippen LogP contribution is -2.00. The third kappa shape index (κ3) is 2.63. The minimum absolute atomic E-state index is 0.164. The van der Waals surface area contributed by atoms with E-state index in [-0.39, 0.29) is 6.61 Å². The largest absolute Gasteiger partial charge is 0.390 e. The van der Waals surface area contributed by atoms with Crippen LogP contribution in [-0.4, -0.2) is 20.1 Å². The van der Waals surface area contributed by atoms with E-state index in [0.29, 0.717) is 10.7 Å². The van der Waals surface area contributed by atoms with Crippen LogP contribution in [-0.2, 0) is 6.61 Å². The summed E-state index contributed by atoms with van der Waals surface area (Å²) in [5, 5.41) is 18.5. The highest BCUT2D eigenvalue weighted by Gasteiger charge is 2.16. The van der Waals surface area contributed by atoms with Crippen molar-refractivity contribution in [2.45, 2.75) is 20.5 Å². The molecule has 1 heterocycles. The van der Waals surface area contributed by atoms with Crippen molar-refractivity contribution < 1.29 is 5.11 Å². The molecule has 0 saturated carbocycles. The van der Waals surface area contributed by atoms with Crippen LogP contribution in [0.3, 0.4) is 0 Å². The van der Waals surface area contributed by atoms with E-state index in [0.717, 1.165) is 16.9 Å². The van der Waals surface area contributed by atoms with Crippen LogP contribution in [0.15, 0.2) is 42.5 Å². The van der Waals surface area contributed by atoms with Crippen molar-refractivity contribution in [1.82, 2.24) is 15.0 Å². The van der Waals surface area contributed by atoms with Gasteiger partial charge in [-0.1, -0.05) is 35.0 Å². The summed E-state index contributed by atoms with van der Waals surface area (Å²) in [6.07, 6.45) is 0. The number of aryl methyl sites for hydroxylation is 2. The molecule has 0 fully saturated rings. The standard InChI is InChI=1S/C17H16ClN3O/c1-11-6-7-13(8-12(11)2)17-16(10-22)19-20-21(17)15-5-3-4-14(18)9-15/h3-9,22H,10H2,1-2H3. The second-order valence-electron chi connectivity index (χ2n) is 5.23. The van der Waals surface area contributed by atoms with Crippen molar-refractivity contribution in [2.75, 3.05) is 0 Å². The minimum Gasteiger partial charge on any atom is -0.390 e. The van der Waals surface area contributed by atoms with E-state index < -0.39 is 0 Å². The van der Waals surface area contributed by atoms with E-state index in [2.05, 4.69) is 36.3 Å². The highest BCUT2D eigenvalue weighted by molar-refractivity contribution is 6.30. The SMILES string of the molecule is Cc1ccc(-c2c(CO)nnn2-c2cccc(Cl)c2)cc1C. The predicted octanol–water partition coefficient (Wildman–Crippen LogP) is 3.70. The van der Waals surface area contributed by atoms with Gasteiger partial charge in [0.05, 0.1) is 12.3 Å². The molecule has 0 atom stereocenters. The second-order valence-corrected chi connectivity index (χ2v) is 5.67. The van der Waals surface area contributed by atoms with E-state index in [1.807, 2.05) is 30.3 Å². The molecule has 5 heteroatoms. The summed E-state index contributed by atoms with van der Waals surface area (Å²) < 4.78 is 1.71. The summed E-state index contributed by atoms with van der Waals surface area (Å²) in [7, 11) is 0. The number of aliphatic hydroxyl groups is 1. The maximum atomic E-state index is 9.58. The molecule has 0 saturated heterocycles. The quantitative estimate of drug-likeness (QED) is 0.802. The van der Waals surface area contributed by atoms with Gasteiger partial charge in [0.15, 0.2) is 0 Å². The van der Waals surface area contributed by atoms with Crippen LogP contribution in [0.4, 0.5) is 0 Å². The molecule has 0 radical (unpaired) electrons. The van der Waals surface area contributed by atoms with E-state index in [9.17, 15) is 5.11 Å². The Morgan fingerprint density at radius 2 is 1.91 bits per heavy atom. The van der Waals surface area contributed by atoms with Gasteiger partial charge < -0.3 is 5.11 Å². The van der Waals surface area contributed by atoms with Crippen molar-refractivity contribution in [3.63, 3.8) is 0 Å². The number of hydrogen-bond acceptors (Lipinski definition) is 3. The molecular formula is C17H16ClN3O. The lowest BCUT2D eigenvalue weighted by Gasteiger charge is -2.10. The summed E-state index contributed by atoms with van der Waals surface area (Å²) in [5.41, 5.74) is 5.51. The number of rotatable bonds is 3. The molecule has 1 N–H and O–H groups in total. The van der Waals surface area contributed by atoms with Crippen LogP contribution < -0.4 is 0 Å². The van der Waals surface area contributed by atoms with Gasteiger partial charge in [-0.2, -0.15) is 0 Å². The van der Waals surface area contributed by atoms with Crippen LogP contribution in [0.1, 0.15) is 16.8 Å². The normalized spacial score (nSPS) is 10.9. The first-order valence-corrected chi connectivity index (χ1v) is 7.37. The zero-order valence-corrected chi connectivity index (χ0v) is 13.2. The Kier molecular flexibility index (Phi) is 3.96. The lowest BCUT2D eigenvalue weighted by atomic mass is 10.0. The average molecular weight is 314 g/mol. The number of aliphatic hydroxyl groups excluding tert-OH is 1. The molecule has 0 unspecified atom stereocenters. The van der Waals surface area contributed by atoms with Crippen molar-refractivity contribution in [1.29, 1.82) is 0 Å². The molecule has 0 bridgehead atoms. The molecule has 3 aromatic rings. The fourth-order valence-corrected chi connectivity index (χ4v) is 2.57. The average Bonchev–Trinajstić information content (AvgIpc) is 2.94. The number of benzene rings is 2. The van der Waals surface area contributed by atoms with Crippen molar-refractivity contribution in [3.8, 4) is 16.9 Å². The fourth-order valence-electron chi connectivity index (χ4n) is 2.39. The Bertz CT molecular complexity index is 827. The number of nitrogens with zero attached hydrogens (tertiary/aromatic N) is 3. The summed E-state index contributed by atoms with van der Waals surface area (Å²) in [6.45, 7) is 3.96. The van der Waals surface area contributed by atoms with E-state index >= 15 is 0 Å². The zero-order chi connectivity index (χ0) is 15.7. The summed E-state index contributed by atoms with van der Waals surface area (Å²) >= 11 is 6.07. The van der Waals surface area contributed by atoms with Gasteiger partial charge in [-0.25, -0.2) is 4.68 Å². The highest BCUT2D eigenvalue weighted by Crippen LogP contribution is 2.28. The molecule has 0 aliphatic rings. The summed E-state index contributed by atoms with van der Waals surface area (Å²) in [6, 6.07) is 13.6. The van der Waals surface area contributed by atoms with Gasteiger partial charge in [-0.15, -0.1) is 5.10 Å². The molecule has 0 aliphatic heterocycles. The van der Waals surface area contributed by atoms with Crippen molar-refractivity contribution in [3.05, 3.63) is 64.3 Å². The zero-order valence-electron chi connectivity index (χ0n) is 12.4. The maximum Gasteiger partial charge on any atom is 0.117 e. The van der Waals surface area contributed by atoms with Crippen LogP contribution in [0.2, 0.25) is 5.02 Å². The van der Waals surface area contributed by atoms with E-state index in [1.54, 1.807) is 4.68 Å². The van der Waals surface area contributed by atoms with E-state index in [4.69, 9.17) is 11.6 Å². The predicted molar refractivity (Wildman–Crippen MR) is 87.2 cm³/mol. The Balaban J connectivity index is 2.21. The Hall–Kier alpha value is -2.17. The molecule has 0 aliphatic carbocycles. The molecule has 2 aromatic carbocycles. The minimum atomic E-state index is -0.164. The van der Waals surface area contributed by atoms with Crippen LogP contribution >= 0.6 is 11.6 Å². The molecule has 4 nitrogen and oxygen atoms in total. The second kappa shape index (κ2) is 5.91. The first kappa shape index (κ1) is 14.8. The Labute approximate surface area is 134 Å². The molecule has 3 rings (SSSR count). The Morgan fingerprint density at radius 1 is 1.09 bits per heavy atom. The van der Waals surface area contributed by atoms with Gasteiger partial charge in [0, 0.05) is 10.6 Å². The van der Waals surface area contributed by atoms with E-state index in [1.165, 1.54) is 11.1 Å². The third-order valence-electron chi connectivity index (χ3n) is 3.72. The molecule has 1 aromatic heterocycles. The molecule has 22 heavy (non-hydrogen) atoms. The first-order chi connectivity index (χ1) is 10.6. The van der Waals surface area contributed by atoms with Gasteiger partial charge in [-0.3, -0.25) is 0 Å². The molecule has 112 valence electrons. The number of halogens is 1. The molecular weight excluding hydrogens is 298 g/mol. The van der Waals surface area contributed by atoms with Gasteiger partial charge in [0.2, 0.25) is 0 Å². The summed E-state index contributed by atoms with van der Waals surface area (Å²) in [5.74, 6) is 0. The maximum absolute atomic E-state index is 9.58. The monoisotopic (exact) mass is 313 g/mol. The topological polar surface area (TPSA) is 50.9 Å². The first-order valence-electron chi connectivity index (χ1n) is 6.99. The van der Waals surface area contributed by atoms with Crippen LogP contribution in [0.25, 0.3) is 16.9 Å². The van der Waals surface area contributed by atoms with Crippen molar-refractivity contribution in [2.24, 2.45) is 0 Å². The smallest absolute Gasteiger partial charge is 0.117 e. The molecule has 0 spiro atoms. The lowest BCUT2D eigenvalue weighted by molar-refractivity contribution is 0.277. The number of hydrogen-bond donors (Lipinski definition) is 1. The highest BCUT2D eigenvalue weighted by atomic mass is 35.5. The fraction of sp³-hybridized carbons (Fsp3) is 0.176. The third-order valence-corrected chi connectivity index (χ3v) is 3.96. The van der Waals surface area contributed by atoms with Crippen molar-refractivity contribution >= 4 is 11.6 Å². The number of aromatic nitrogens is 3. The van der Waals surface area contributed by atoms with Crippen LogP contribution in [0, 0.1) is 13.8 Å². The van der Waals surface area contributed by atoms with Gasteiger partial charge in [0.25, 0.3) is 0 Å². The summed E-state index contributed by atoms with van der Waals surface area (Å²) in [4.78, 5) is 0.